The highest BCUT2D eigenvalue weighted by Crippen LogP contribution is 2.42. The van der Waals surface area contributed by atoms with Crippen molar-refractivity contribution in [1.29, 1.82) is 0 Å². The fourth-order valence-corrected chi connectivity index (χ4v) is 4.19. The second kappa shape index (κ2) is 9.13. The third-order valence-electron chi connectivity index (χ3n) is 5.50. The molecule has 0 radical (unpaired) electrons. The van der Waals surface area contributed by atoms with E-state index >= 15 is 0 Å². The van der Waals surface area contributed by atoms with Gasteiger partial charge in [0.2, 0.25) is 0 Å². The van der Waals surface area contributed by atoms with Crippen LogP contribution in [-0.4, -0.2) is 36.9 Å². The number of rotatable bonds is 6. The van der Waals surface area contributed by atoms with Crippen LogP contribution in [-0.2, 0) is 23.7 Å². The molecule has 2 aromatic carbocycles. The van der Waals surface area contributed by atoms with Crippen LogP contribution in [0, 0.1) is 5.92 Å². The Morgan fingerprint density at radius 1 is 1.06 bits per heavy atom. The summed E-state index contributed by atoms with van der Waals surface area (Å²) in [4.78, 5) is 12.2. The average Bonchev–Trinajstić information content (AvgIpc) is 3.19. The van der Waals surface area contributed by atoms with E-state index in [2.05, 4.69) is 12.1 Å². The number of benzene rings is 2. The molecular formula is C25H27ClO5. The molecule has 31 heavy (non-hydrogen) atoms. The van der Waals surface area contributed by atoms with Crippen LogP contribution in [0.15, 0.2) is 54.6 Å². The number of hydrogen-bond donors (Lipinski definition) is 0. The van der Waals surface area contributed by atoms with Gasteiger partial charge < -0.3 is 18.9 Å². The molecule has 164 valence electrons. The maximum atomic E-state index is 12.2. The first-order valence-corrected chi connectivity index (χ1v) is 10.9. The molecule has 0 aliphatic carbocycles. The molecule has 2 fully saturated rings. The number of halogens is 1. The number of carbonyl (C=O) groups excluding carboxylic acids is 1. The fourth-order valence-electron chi connectivity index (χ4n) is 4.06. The molecule has 5 nitrogen and oxygen atoms in total. The van der Waals surface area contributed by atoms with E-state index in [1.807, 2.05) is 62.4 Å². The van der Waals surface area contributed by atoms with Gasteiger partial charge in [-0.3, -0.25) is 4.79 Å². The Kier molecular flexibility index (Phi) is 6.49. The lowest BCUT2D eigenvalue weighted by Gasteiger charge is -2.23. The standard InChI is InChI=1S/C25H27ClO5/c1-4-28-22(27)15-20-21(29-24-23(20)30-25(2,3)31-24)14-7-16-5-8-17(9-6-16)18-10-12-19(26)13-11-18/h5-14,20-21,23-24H,4,15H2,1-3H3/t20-,21-,23-,24-/m1/s1. The SMILES string of the molecule is CCOC(=O)C[C@H]1[C@H]2OC(C)(C)O[C@H]2O[C@@H]1C=Cc1ccc(-c2ccc(Cl)cc2)cc1. The number of hydrogen-bond acceptors (Lipinski definition) is 5. The fraction of sp³-hybridized carbons (Fsp3) is 0.400. The van der Waals surface area contributed by atoms with E-state index in [0.29, 0.717) is 6.61 Å². The summed E-state index contributed by atoms with van der Waals surface area (Å²) in [7, 11) is 0. The third kappa shape index (κ3) is 5.18. The minimum atomic E-state index is -0.728. The van der Waals surface area contributed by atoms with Crippen LogP contribution < -0.4 is 0 Å². The van der Waals surface area contributed by atoms with Gasteiger partial charge >= 0.3 is 5.97 Å². The Bertz CT molecular complexity index is 935. The van der Waals surface area contributed by atoms with Gasteiger partial charge in [0.05, 0.1) is 19.1 Å². The van der Waals surface area contributed by atoms with Crippen LogP contribution in [0.4, 0.5) is 0 Å². The molecule has 2 aliphatic heterocycles. The minimum Gasteiger partial charge on any atom is -0.466 e. The Labute approximate surface area is 187 Å². The largest absolute Gasteiger partial charge is 0.466 e. The van der Waals surface area contributed by atoms with Crippen molar-refractivity contribution in [2.75, 3.05) is 6.61 Å². The highest BCUT2D eigenvalue weighted by Gasteiger charge is 2.54. The van der Waals surface area contributed by atoms with Crippen molar-refractivity contribution < 1.29 is 23.7 Å². The van der Waals surface area contributed by atoms with Crippen molar-refractivity contribution in [3.8, 4) is 11.1 Å². The van der Waals surface area contributed by atoms with Crippen molar-refractivity contribution in [1.82, 2.24) is 0 Å². The third-order valence-corrected chi connectivity index (χ3v) is 5.75. The first kappa shape index (κ1) is 22.0. The first-order chi connectivity index (χ1) is 14.8. The maximum absolute atomic E-state index is 12.2. The van der Waals surface area contributed by atoms with Crippen molar-refractivity contribution in [3.63, 3.8) is 0 Å². The maximum Gasteiger partial charge on any atom is 0.306 e. The second-order valence-electron chi connectivity index (χ2n) is 8.23. The minimum absolute atomic E-state index is 0.171. The summed E-state index contributed by atoms with van der Waals surface area (Å²) >= 11 is 5.97. The molecule has 0 saturated carbocycles. The lowest BCUT2D eigenvalue weighted by Crippen LogP contribution is -2.31. The van der Waals surface area contributed by atoms with Gasteiger partial charge in [0.1, 0.15) is 6.10 Å². The number of fused-ring (bicyclic) bond motifs is 1. The van der Waals surface area contributed by atoms with E-state index in [0.717, 1.165) is 21.7 Å². The first-order valence-electron chi connectivity index (χ1n) is 10.6. The molecule has 0 N–H and O–H groups in total. The van der Waals surface area contributed by atoms with Gasteiger partial charge in [-0.15, -0.1) is 0 Å². The lowest BCUT2D eigenvalue weighted by atomic mass is 9.93. The molecule has 4 atom stereocenters. The Morgan fingerprint density at radius 3 is 2.35 bits per heavy atom. The van der Waals surface area contributed by atoms with E-state index in [9.17, 15) is 4.79 Å². The van der Waals surface area contributed by atoms with Crippen LogP contribution >= 0.6 is 11.6 Å². The topological polar surface area (TPSA) is 54.0 Å². The zero-order valence-corrected chi connectivity index (χ0v) is 18.7. The lowest BCUT2D eigenvalue weighted by molar-refractivity contribution is -0.205. The number of carbonyl (C=O) groups is 1. The summed E-state index contributed by atoms with van der Waals surface area (Å²) in [6.45, 7) is 5.85. The molecule has 0 aromatic heterocycles. The molecule has 4 rings (SSSR count). The van der Waals surface area contributed by atoms with Gasteiger partial charge in [0.15, 0.2) is 12.1 Å². The smallest absolute Gasteiger partial charge is 0.306 e. The van der Waals surface area contributed by atoms with Crippen molar-refractivity contribution >= 4 is 23.6 Å². The zero-order chi connectivity index (χ0) is 22.0. The molecule has 2 aliphatic rings. The van der Waals surface area contributed by atoms with Crippen LogP contribution in [0.5, 0.6) is 0 Å². The molecule has 0 bridgehead atoms. The van der Waals surface area contributed by atoms with Crippen LogP contribution in [0.3, 0.4) is 0 Å². The highest BCUT2D eigenvalue weighted by molar-refractivity contribution is 6.30. The van der Waals surface area contributed by atoms with E-state index < -0.39 is 12.1 Å². The summed E-state index contributed by atoms with van der Waals surface area (Å²) in [6, 6.07) is 16.0. The molecule has 2 aromatic rings. The van der Waals surface area contributed by atoms with Crippen LogP contribution in [0.25, 0.3) is 17.2 Å². The summed E-state index contributed by atoms with van der Waals surface area (Å²) in [5.41, 5.74) is 3.26. The molecular weight excluding hydrogens is 416 g/mol. The Balaban J connectivity index is 1.47. The molecule has 0 unspecified atom stereocenters. The van der Waals surface area contributed by atoms with E-state index in [-0.39, 0.29) is 30.5 Å². The molecule has 2 saturated heterocycles. The monoisotopic (exact) mass is 442 g/mol. The van der Waals surface area contributed by atoms with E-state index in [1.54, 1.807) is 6.92 Å². The highest BCUT2D eigenvalue weighted by atomic mass is 35.5. The Hall–Kier alpha value is -2.18. The second-order valence-corrected chi connectivity index (χ2v) is 8.67. The Morgan fingerprint density at radius 2 is 1.71 bits per heavy atom. The molecule has 0 spiro atoms. The van der Waals surface area contributed by atoms with Gasteiger partial charge in [0.25, 0.3) is 0 Å². The molecule has 0 amide bonds. The number of ether oxygens (including phenoxy) is 4. The van der Waals surface area contributed by atoms with Gasteiger partial charge in [-0.05, 0) is 49.6 Å². The predicted molar refractivity (Wildman–Crippen MR) is 119 cm³/mol. The van der Waals surface area contributed by atoms with E-state index in [1.165, 1.54) is 0 Å². The van der Waals surface area contributed by atoms with E-state index in [4.69, 9.17) is 30.5 Å². The molecule has 6 heteroatoms. The summed E-state index contributed by atoms with van der Waals surface area (Å²) in [5, 5.41) is 0.721. The van der Waals surface area contributed by atoms with Gasteiger partial charge in [-0.25, -0.2) is 0 Å². The quantitative estimate of drug-likeness (QED) is 0.555. The van der Waals surface area contributed by atoms with Gasteiger partial charge in [-0.2, -0.15) is 0 Å². The van der Waals surface area contributed by atoms with Gasteiger partial charge in [0, 0.05) is 10.9 Å². The number of esters is 1. The van der Waals surface area contributed by atoms with Crippen LogP contribution in [0.1, 0.15) is 32.8 Å². The van der Waals surface area contributed by atoms with Gasteiger partial charge in [-0.1, -0.05) is 60.2 Å². The summed E-state index contributed by atoms with van der Waals surface area (Å²) in [5.74, 6) is -1.15. The summed E-state index contributed by atoms with van der Waals surface area (Å²) in [6.07, 6.45) is 3.10. The normalized spacial score (nSPS) is 26.8. The van der Waals surface area contributed by atoms with Crippen molar-refractivity contribution in [3.05, 3.63) is 65.2 Å². The summed E-state index contributed by atoms with van der Waals surface area (Å²) < 4.78 is 23.1. The van der Waals surface area contributed by atoms with Crippen LogP contribution in [0.2, 0.25) is 5.02 Å². The predicted octanol–water partition coefficient (Wildman–Crippen LogP) is 5.47. The zero-order valence-electron chi connectivity index (χ0n) is 17.9. The molecule has 2 heterocycles. The van der Waals surface area contributed by atoms with Crippen molar-refractivity contribution in [2.24, 2.45) is 5.92 Å². The average molecular weight is 443 g/mol. The van der Waals surface area contributed by atoms with Crippen molar-refractivity contribution in [2.45, 2.75) is 51.5 Å².